The fraction of sp³-hybridized carbons (Fsp3) is 0.318. The number of nitrogens with one attached hydrogen (secondary N) is 1. The summed E-state index contributed by atoms with van der Waals surface area (Å²) < 4.78 is 6.30. The van der Waals surface area contributed by atoms with Gasteiger partial charge < -0.3 is 19.6 Å². The molecule has 0 unspecified atom stereocenters. The number of carbonyl (C=O) groups excluding carboxylic acids is 2. The second-order valence-electron chi connectivity index (χ2n) is 7.42. The van der Waals surface area contributed by atoms with Gasteiger partial charge in [0.1, 0.15) is 11.3 Å². The lowest BCUT2D eigenvalue weighted by Crippen LogP contribution is -2.42. The van der Waals surface area contributed by atoms with Gasteiger partial charge in [0.2, 0.25) is 0 Å². The SMILES string of the molecule is COC(=O)c1ccc2nc(C(=O)NC[C@@H](O)CN3CCc4ccccc4C3)cn2c1. The Balaban J connectivity index is 1.32. The maximum Gasteiger partial charge on any atom is 0.339 e. The highest BCUT2D eigenvalue weighted by atomic mass is 16.5. The molecule has 0 saturated carbocycles. The van der Waals surface area contributed by atoms with Crippen molar-refractivity contribution in [3.63, 3.8) is 0 Å². The van der Waals surface area contributed by atoms with Crippen LogP contribution in [0.3, 0.4) is 0 Å². The zero-order valence-electron chi connectivity index (χ0n) is 16.7. The van der Waals surface area contributed by atoms with Crippen LogP contribution in [-0.2, 0) is 17.7 Å². The number of amides is 1. The first-order valence-electron chi connectivity index (χ1n) is 9.86. The number of aliphatic hydroxyl groups excluding tert-OH is 1. The van der Waals surface area contributed by atoms with Crippen LogP contribution in [0, 0.1) is 0 Å². The molecular weight excluding hydrogens is 384 g/mol. The lowest BCUT2D eigenvalue weighted by molar-refractivity contribution is 0.0600. The molecule has 0 spiro atoms. The molecule has 1 atom stereocenters. The number of aliphatic hydroxyl groups is 1. The van der Waals surface area contributed by atoms with Crippen LogP contribution in [0.2, 0.25) is 0 Å². The molecule has 8 heteroatoms. The molecule has 3 heterocycles. The van der Waals surface area contributed by atoms with E-state index in [0.29, 0.717) is 17.8 Å². The maximum atomic E-state index is 12.4. The van der Waals surface area contributed by atoms with E-state index < -0.39 is 12.1 Å². The third kappa shape index (κ3) is 4.34. The van der Waals surface area contributed by atoms with Crippen molar-refractivity contribution in [1.29, 1.82) is 0 Å². The van der Waals surface area contributed by atoms with Crippen molar-refractivity contribution >= 4 is 17.5 Å². The summed E-state index contributed by atoms with van der Waals surface area (Å²) in [5.41, 5.74) is 3.78. The minimum Gasteiger partial charge on any atom is -0.465 e. The highest BCUT2D eigenvalue weighted by Crippen LogP contribution is 2.18. The molecule has 8 nitrogen and oxygen atoms in total. The van der Waals surface area contributed by atoms with Gasteiger partial charge in [-0.05, 0) is 29.7 Å². The molecule has 0 aliphatic carbocycles. The number of imidazole rings is 1. The number of benzene rings is 1. The van der Waals surface area contributed by atoms with Gasteiger partial charge in [-0.1, -0.05) is 24.3 Å². The van der Waals surface area contributed by atoms with Gasteiger partial charge >= 0.3 is 5.97 Å². The van der Waals surface area contributed by atoms with E-state index in [-0.39, 0.29) is 18.1 Å². The Labute approximate surface area is 174 Å². The fourth-order valence-corrected chi connectivity index (χ4v) is 3.71. The molecule has 3 aromatic rings. The van der Waals surface area contributed by atoms with Gasteiger partial charge in [0.25, 0.3) is 5.91 Å². The molecule has 1 aromatic carbocycles. The van der Waals surface area contributed by atoms with E-state index in [4.69, 9.17) is 4.74 Å². The average molecular weight is 408 g/mol. The minimum atomic E-state index is -0.679. The molecule has 1 amide bonds. The Hall–Kier alpha value is -3.23. The molecule has 0 radical (unpaired) electrons. The van der Waals surface area contributed by atoms with Crippen molar-refractivity contribution in [2.24, 2.45) is 0 Å². The van der Waals surface area contributed by atoms with Crippen LogP contribution in [-0.4, -0.2) is 64.1 Å². The van der Waals surface area contributed by atoms with E-state index >= 15 is 0 Å². The van der Waals surface area contributed by atoms with Crippen LogP contribution < -0.4 is 5.32 Å². The number of esters is 1. The van der Waals surface area contributed by atoms with Crippen molar-refractivity contribution in [1.82, 2.24) is 19.6 Å². The van der Waals surface area contributed by atoms with E-state index in [1.807, 2.05) is 6.07 Å². The van der Waals surface area contributed by atoms with E-state index in [1.165, 1.54) is 18.2 Å². The van der Waals surface area contributed by atoms with E-state index in [2.05, 4.69) is 33.4 Å². The molecule has 1 aliphatic heterocycles. The molecule has 156 valence electrons. The van der Waals surface area contributed by atoms with Gasteiger partial charge in [0.15, 0.2) is 0 Å². The lowest BCUT2D eigenvalue weighted by atomic mass is 10.00. The van der Waals surface area contributed by atoms with Crippen LogP contribution in [0.15, 0.2) is 48.8 Å². The average Bonchev–Trinajstić information content (AvgIpc) is 3.20. The summed E-state index contributed by atoms with van der Waals surface area (Å²) in [5.74, 6) is -0.832. The standard InChI is InChI=1S/C22H24N4O4/c1-30-22(29)17-6-7-20-24-19(14-26(20)12-17)21(28)23-10-18(27)13-25-9-8-15-4-2-3-5-16(15)11-25/h2-7,12,14,18,27H,8-11,13H2,1H3,(H,23,28)/t18-/m1/s1. The number of β-amino-alcohol motifs (C(OH)–C–C–N with tert-alkyl or cyclic N) is 1. The first-order chi connectivity index (χ1) is 14.5. The summed E-state index contributed by atoms with van der Waals surface area (Å²) in [6, 6.07) is 11.6. The van der Waals surface area contributed by atoms with Gasteiger partial charge in [-0.3, -0.25) is 9.69 Å². The first kappa shape index (κ1) is 20.1. The van der Waals surface area contributed by atoms with E-state index in [0.717, 1.165) is 19.5 Å². The number of ether oxygens (including phenoxy) is 1. The Morgan fingerprint density at radius 3 is 2.80 bits per heavy atom. The normalized spacial score (nSPS) is 14.9. The number of fused-ring (bicyclic) bond motifs is 2. The fourth-order valence-electron chi connectivity index (χ4n) is 3.71. The van der Waals surface area contributed by atoms with Crippen LogP contribution in [0.4, 0.5) is 0 Å². The molecule has 0 bridgehead atoms. The predicted molar refractivity (Wildman–Crippen MR) is 110 cm³/mol. The van der Waals surface area contributed by atoms with Gasteiger partial charge in [0, 0.05) is 38.6 Å². The Kier molecular flexibility index (Phi) is 5.78. The maximum absolute atomic E-state index is 12.4. The summed E-state index contributed by atoms with van der Waals surface area (Å²) in [7, 11) is 1.31. The summed E-state index contributed by atoms with van der Waals surface area (Å²) in [6.45, 7) is 2.31. The smallest absolute Gasteiger partial charge is 0.339 e. The van der Waals surface area contributed by atoms with Crippen LogP contribution >= 0.6 is 0 Å². The van der Waals surface area contributed by atoms with E-state index in [1.54, 1.807) is 28.9 Å². The molecule has 30 heavy (non-hydrogen) atoms. The van der Waals surface area contributed by atoms with Crippen molar-refractivity contribution in [3.05, 3.63) is 71.2 Å². The molecule has 4 rings (SSSR count). The lowest BCUT2D eigenvalue weighted by Gasteiger charge is -2.30. The number of rotatable bonds is 6. The molecule has 2 aromatic heterocycles. The molecule has 1 aliphatic rings. The number of carbonyl (C=O) groups is 2. The monoisotopic (exact) mass is 408 g/mol. The highest BCUT2D eigenvalue weighted by molar-refractivity contribution is 5.93. The Bertz CT molecular complexity index is 1080. The number of aromatic nitrogens is 2. The van der Waals surface area contributed by atoms with Crippen LogP contribution in [0.25, 0.3) is 5.65 Å². The zero-order chi connectivity index (χ0) is 21.1. The largest absolute Gasteiger partial charge is 0.465 e. The van der Waals surface area contributed by atoms with Crippen molar-refractivity contribution in [2.75, 3.05) is 26.7 Å². The summed E-state index contributed by atoms with van der Waals surface area (Å²) >= 11 is 0. The van der Waals surface area contributed by atoms with Crippen molar-refractivity contribution in [3.8, 4) is 0 Å². The van der Waals surface area contributed by atoms with Gasteiger partial charge in [-0.25, -0.2) is 9.78 Å². The number of nitrogens with zero attached hydrogens (tertiary/aromatic N) is 3. The number of methoxy groups -OCH3 is 1. The summed E-state index contributed by atoms with van der Waals surface area (Å²) in [4.78, 5) is 30.5. The summed E-state index contributed by atoms with van der Waals surface area (Å²) in [6.07, 6.45) is 3.39. The number of hydrogen-bond donors (Lipinski definition) is 2. The van der Waals surface area contributed by atoms with Crippen molar-refractivity contribution < 1.29 is 19.4 Å². The quantitative estimate of drug-likeness (QED) is 0.597. The highest BCUT2D eigenvalue weighted by Gasteiger charge is 2.19. The number of hydrogen-bond acceptors (Lipinski definition) is 6. The van der Waals surface area contributed by atoms with Crippen LogP contribution in [0.1, 0.15) is 32.0 Å². The van der Waals surface area contributed by atoms with Gasteiger partial charge in [-0.15, -0.1) is 0 Å². The van der Waals surface area contributed by atoms with Crippen molar-refractivity contribution in [2.45, 2.75) is 19.1 Å². The minimum absolute atomic E-state index is 0.137. The predicted octanol–water partition coefficient (Wildman–Crippen LogP) is 1.27. The Morgan fingerprint density at radius 1 is 1.20 bits per heavy atom. The first-order valence-corrected chi connectivity index (χ1v) is 9.86. The zero-order valence-corrected chi connectivity index (χ0v) is 16.7. The number of pyridine rings is 1. The second kappa shape index (κ2) is 8.64. The Morgan fingerprint density at radius 2 is 2.00 bits per heavy atom. The third-order valence-electron chi connectivity index (χ3n) is 5.28. The molecular formula is C22H24N4O4. The second-order valence-corrected chi connectivity index (χ2v) is 7.42. The molecule has 0 saturated heterocycles. The molecule has 0 fully saturated rings. The van der Waals surface area contributed by atoms with Gasteiger partial charge in [0.05, 0.1) is 18.8 Å². The van der Waals surface area contributed by atoms with Crippen LogP contribution in [0.5, 0.6) is 0 Å². The van der Waals surface area contributed by atoms with Gasteiger partial charge in [-0.2, -0.15) is 0 Å². The van der Waals surface area contributed by atoms with E-state index in [9.17, 15) is 14.7 Å². The molecule has 2 N–H and O–H groups in total. The topological polar surface area (TPSA) is 96.2 Å². The summed E-state index contributed by atoms with van der Waals surface area (Å²) in [5, 5.41) is 13.1. The third-order valence-corrected chi connectivity index (χ3v) is 5.28.